The van der Waals surface area contributed by atoms with Gasteiger partial charge >= 0.3 is 0 Å². The fourth-order valence-electron chi connectivity index (χ4n) is 3.89. The van der Waals surface area contributed by atoms with Crippen molar-refractivity contribution in [2.45, 2.75) is 25.9 Å². The summed E-state index contributed by atoms with van der Waals surface area (Å²) < 4.78 is 6.75. The monoisotopic (exact) mass is 416 g/mol. The number of carbonyl (C=O) groups excluding carboxylic acids is 2. The van der Waals surface area contributed by atoms with Gasteiger partial charge in [-0.2, -0.15) is 0 Å². The fraction of sp³-hybridized carbons (Fsp3) is 0.571. The quantitative estimate of drug-likeness (QED) is 0.720. The molecule has 0 radical (unpaired) electrons. The third-order valence-electron chi connectivity index (χ3n) is 5.58. The lowest BCUT2D eigenvalue weighted by atomic mass is 10.1. The zero-order valence-corrected chi connectivity index (χ0v) is 17.5. The van der Waals surface area contributed by atoms with E-state index in [-0.39, 0.29) is 18.4 Å². The Morgan fingerprint density at radius 1 is 0.931 bits per heavy atom. The molecule has 4 rings (SSSR count). The van der Waals surface area contributed by atoms with Gasteiger partial charge in [0.05, 0.1) is 23.4 Å². The van der Waals surface area contributed by atoms with Crippen molar-refractivity contribution in [3.8, 4) is 0 Å². The van der Waals surface area contributed by atoms with E-state index in [9.17, 15) is 9.59 Å². The van der Waals surface area contributed by atoms with Crippen LogP contribution in [0.15, 0.2) is 24.3 Å². The van der Waals surface area contributed by atoms with E-state index in [0.29, 0.717) is 26.2 Å². The van der Waals surface area contributed by atoms with Crippen LogP contribution in [0.4, 0.5) is 0 Å². The van der Waals surface area contributed by atoms with E-state index in [1.54, 1.807) is 11.3 Å². The molecule has 0 unspecified atom stereocenters. The Balaban J connectivity index is 1.16. The lowest BCUT2D eigenvalue weighted by Gasteiger charge is -2.36. The second-order valence-corrected chi connectivity index (χ2v) is 8.78. The largest absolute Gasteiger partial charge is 0.364 e. The van der Waals surface area contributed by atoms with Crippen LogP contribution in [-0.2, 0) is 20.9 Å². The highest BCUT2D eigenvalue weighted by molar-refractivity contribution is 7.18. The van der Waals surface area contributed by atoms with E-state index >= 15 is 0 Å². The van der Waals surface area contributed by atoms with E-state index < -0.39 is 0 Å². The molecule has 2 amide bonds. The molecule has 2 aliphatic rings. The summed E-state index contributed by atoms with van der Waals surface area (Å²) in [6.45, 7) is 5.46. The Bertz CT molecular complexity index is 808. The lowest BCUT2D eigenvalue weighted by Crippen LogP contribution is -2.52. The molecule has 7 nitrogen and oxygen atoms in total. The van der Waals surface area contributed by atoms with Crippen molar-refractivity contribution in [3.63, 3.8) is 0 Å². The van der Waals surface area contributed by atoms with Gasteiger partial charge in [0.2, 0.25) is 11.8 Å². The average molecular weight is 417 g/mol. The highest BCUT2D eigenvalue weighted by atomic mass is 32.1. The molecule has 0 saturated carbocycles. The number of piperazine rings is 1. The summed E-state index contributed by atoms with van der Waals surface area (Å²) >= 11 is 1.60. The van der Waals surface area contributed by atoms with Gasteiger partial charge in [0, 0.05) is 39.3 Å². The van der Waals surface area contributed by atoms with Crippen LogP contribution in [0.3, 0.4) is 0 Å². The minimum Gasteiger partial charge on any atom is -0.364 e. The summed E-state index contributed by atoms with van der Waals surface area (Å²) in [7, 11) is 0. The molecule has 0 spiro atoms. The molecule has 8 heteroatoms. The maximum atomic E-state index is 12.4. The van der Waals surface area contributed by atoms with Gasteiger partial charge in [-0.15, -0.1) is 11.3 Å². The summed E-state index contributed by atoms with van der Waals surface area (Å²) in [6, 6.07) is 7.98. The lowest BCUT2D eigenvalue weighted by molar-refractivity contribution is -0.139. The van der Waals surface area contributed by atoms with Crippen molar-refractivity contribution in [2.24, 2.45) is 0 Å². The van der Waals surface area contributed by atoms with Gasteiger partial charge in [-0.25, -0.2) is 4.98 Å². The van der Waals surface area contributed by atoms with Crippen molar-refractivity contribution in [3.05, 3.63) is 29.3 Å². The van der Waals surface area contributed by atoms with Gasteiger partial charge < -0.3 is 14.5 Å². The number of likely N-dealkylation sites (tertiary alicyclic amines) is 1. The van der Waals surface area contributed by atoms with Gasteiger partial charge in [0.1, 0.15) is 11.6 Å². The van der Waals surface area contributed by atoms with Crippen LogP contribution in [0.25, 0.3) is 10.2 Å². The smallest absolute Gasteiger partial charge is 0.248 e. The van der Waals surface area contributed by atoms with Crippen LogP contribution in [0, 0.1) is 0 Å². The number of carbonyl (C=O) groups is 2. The first kappa shape index (κ1) is 20.3. The van der Waals surface area contributed by atoms with Crippen molar-refractivity contribution in [2.75, 3.05) is 52.4 Å². The molecule has 1 aromatic heterocycles. The first-order chi connectivity index (χ1) is 14.2. The molecule has 156 valence electrons. The summed E-state index contributed by atoms with van der Waals surface area (Å²) in [5.41, 5.74) is 0.970. The minimum absolute atomic E-state index is 0.00752. The zero-order valence-electron chi connectivity index (χ0n) is 16.7. The first-order valence-electron chi connectivity index (χ1n) is 10.4. The number of ether oxygens (including phenoxy) is 1. The molecule has 3 heterocycles. The number of fused-ring (bicyclic) bond motifs is 1. The first-order valence-corrected chi connectivity index (χ1v) is 11.2. The van der Waals surface area contributed by atoms with Gasteiger partial charge in [0.15, 0.2) is 0 Å². The number of thiazole rings is 1. The van der Waals surface area contributed by atoms with E-state index in [0.717, 1.165) is 54.2 Å². The maximum absolute atomic E-state index is 12.4. The maximum Gasteiger partial charge on any atom is 0.248 e. The molecule has 2 aromatic rings. The molecular weight excluding hydrogens is 388 g/mol. The zero-order chi connectivity index (χ0) is 20.1. The van der Waals surface area contributed by atoms with Crippen LogP contribution in [-0.4, -0.2) is 83.9 Å². The van der Waals surface area contributed by atoms with Gasteiger partial charge in [-0.1, -0.05) is 12.1 Å². The second-order valence-electron chi connectivity index (χ2n) is 7.67. The van der Waals surface area contributed by atoms with Crippen molar-refractivity contribution in [1.29, 1.82) is 0 Å². The Hall–Kier alpha value is -2.03. The Morgan fingerprint density at radius 3 is 2.41 bits per heavy atom. The van der Waals surface area contributed by atoms with Crippen molar-refractivity contribution in [1.82, 2.24) is 19.7 Å². The summed E-state index contributed by atoms with van der Waals surface area (Å²) in [6.07, 6.45) is 3.46. The second kappa shape index (κ2) is 9.65. The van der Waals surface area contributed by atoms with Crippen molar-refractivity contribution < 1.29 is 14.3 Å². The molecule has 0 atom stereocenters. The van der Waals surface area contributed by atoms with Crippen LogP contribution in [0.5, 0.6) is 0 Å². The normalized spacial score (nSPS) is 18.3. The predicted molar refractivity (Wildman–Crippen MR) is 113 cm³/mol. The number of hydrogen-bond donors (Lipinski definition) is 0. The number of nitrogens with zero attached hydrogens (tertiary/aromatic N) is 4. The Labute approximate surface area is 175 Å². The SMILES string of the molecule is O=C(COCc1nc2ccccc2s1)N1CCN(CC(=O)N2CCCCC2)CC1. The van der Waals surface area contributed by atoms with E-state index in [2.05, 4.69) is 9.88 Å². The van der Waals surface area contributed by atoms with Crippen LogP contribution >= 0.6 is 11.3 Å². The van der Waals surface area contributed by atoms with Gasteiger partial charge in [-0.05, 0) is 31.4 Å². The number of hydrogen-bond acceptors (Lipinski definition) is 6. The summed E-state index contributed by atoms with van der Waals surface area (Å²) in [4.78, 5) is 35.3. The van der Waals surface area contributed by atoms with E-state index in [1.807, 2.05) is 34.1 Å². The third-order valence-corrected chi connectivity index (χ3v) is 6.59. The molecule has 2 aliphatic heterocycles. The fourth-order valence-corrected chi connectivity index (χ4v) is 4.79. The molecule has 1 aromatic carbocycles. The summed E-state index contributed by atoms with van der Waals surface area (Å²) in [5.74, 6) is 0.233. The minimum atomic E-state index is 0.00752. The molecule has 2 fully saturated rings. The topological polar surface area (TPSA) is 66.0 Å². The molecule has 0 N–H and O–H groups in total. The van der Waals surface area contributed by atoms with Gasteiger partial charge in [0.25, 0.3) is 0 Å². The molecule has 2 saturated heterocycles. The van der Waals surface area contributed by atoms with Crippen LogP contribution in [0.2, 0.25) is 0 Å². The number of aromatic nitrogens is 1. The molecule has 0 bridgehead atoms. The standard InChI is InChI=1S/C21H28N4O3S/c26-20(24-8-4-1-5-9-24)14-23-10-12-25(13-11-23)21(27)16-28-15-19-22-17-6-2-3-7-18(17)29-19/h2-3,6-7H,1,4-5,8-16H2. The number of rotatable bonds is 6. The Morgan fingerprint density at radius 2 is 1.66 bits per heavy atom. The number of para-hydroxylation sites is 1. The predicted octanol–water partition coefficient (Wildman–Crippen LogP) is 1.97. The number of amides is 2. The van der Waals surface area contributed by atoms with Crippen LogP contribution in [0.1, 0.15) is 24.3 Å². The van der Waals surface area contributed by atoms with Crippen molar-refractivity contribution >= 4 is 33.4 Å². The third kappa shape index (κ3) is 5.32. The van der Waals surface area contributed by atoms with Gasteiger partial charge in [-0.3, -0.25) is 14.5 Å². The molecular formula is C21H28N4O3S. The summed E-state index contributed by atoms with van der Waals surface area (Å²) in [5, 5.41) is 0.889. The molecule has 0 aliphatic carbocycles. The number of benzene rings is 1. The van der Waals surface area contributed by atoms with E-state index in [1.165, 1.54) is 6.42 Å². The Kier molecular flexibility index (Phi) is 6.74. The molecule has 29 heavy (non-hydrogen) atoms. The number of piperidine rings is 1. The van der Waals surface area contributed by atoms with E-state index in [4.69, 9.17) is 4.74 Å². The highest BCUT2D eigenvalue weighted by Gasteiger charge is 2.24. The average Bonchev–Trinajstić information content (AvgIpc) is 3.17. The van der Waals surface area contributed by atoms with Crippen LogP contribution < -0.4 is 0 Å². The highest BCUT2D eigenvalue weighted by Crippen LogP contribution is 2.22.